The molecule has 0 bridgehead atoms. The second kappa shape index (κ2) is 9.32. The summed E-state index contributed by atoms with van der Waals surface area (Å²) in [6, 6.07) is 15.2. The second-order valence-corrected chi connectivity index (χ2v) is 7.94. The summed E-state index contributed by atoms with van der Waals surface area (Å²) < 4.78 is 11.3. The van der Waals surface area contributed by atoms with Crippen LogP contribution in [0.25, 0.3) is 11.3 Å². The summed E-state index contributed by atoms with van der Waals surface area (Å²) in [5.74, 6) is -2.15. The average Bonchev–Trinajstić information content (AvgIpc) is 2.77. The van der Waals surface area contributed by atoms with Gasteiger partial charge in [-0.05, 0) is 42.5 Å². The second-order valence-electron chi connectivity index (χ2n) is 6.10. The molecule has 3 rings (SSSR count). The summed E-state index contributed by atoms with van der Waals surface area (Å²) in [5, 5.41) is 0. The van der Waals surface area contributed by atoms with Gasteiger partial charge < -0.3 is 9.47 Å². The number of ether oxygens (including phenoxy) is 2. The molecule has 6 nitrogen and oxygen atoms in total. The maximum Gasteiger partial charge on any atom is 0.341 e. The van der Waals surface area contributed by atoms with Gasteiger partial charge in [0, 0.05) is 20.1 Å². The zero-order chi connectivity index (χ0) is 21.8. The highest BCUT2D eigenvalue weighted by Crippen LogP contribution is 2.27. The Morgan fingerprint density at radius 3 is 1.87 bits per heavy atom. The van der Waals surface area contributed by atoms with E-state index in [2.05, 4.69) is 36.8 Å². The van der Waals surface area contributed by atoms with Crippen molar-refractivity contribution in [2.75, 3.05) is 14.2 Å². The summed E-state index contributed by atoms with van der Waals surface area (Å²) in [6.45, 7) is 0. The van der Waals surface area contributed by atoms with Crippen molar-refractivity contribution in [2.24, 2.45) is 0 Å². The number of rotatable bonds is 5. The van der Waals surface area contributed by atoms with Crippen molar-refractivity contribution >= 4 is 49.6 Å². The van der Waals surface area contributed by atoms with E-state index in [4.69, 9.17) is 9.47 Å². The Morgan fingerprint density at radius 2 is 1.33 bits per heavy atom. The normalized spacial score (nSPS) is 10.4. The number of carbonyl (C=O) groups excluding carboxylic acids is 3. The zero-order valence-corrected chi connectivity index (χ0v) is 19.1. The summed E-state index contributed by atoms with van der Waals surface area (Å²) in [6.07, 6.45) is 0. The van der Waals surface area contributed by atoms with Crippen LogP contribution >= 0.6 is 31.9 Å². The van der Waals surface area contributed by atoms with Crippen LogP contribution in [0.5, 0.6) is 0 Å². The molecule has 3 aromatic rings. The van der Waals surface area contributed by atoms with Gasteiger partial charge in [0.2, 0.25) is 5.78 Å². The Labute approximate surface area is 189 Å². The first-order valence-corrected chi connectivity index (χ1v) is 10.2. The Kier molecular flexibility index (Phi) is 6.79. The van der Waals surface area contributed by atoms with Crippen LogP contribution in [0.15, 0.2) is 63.5 Å². The minimum Gasteiger partial charge on any atom is -0.465 e. The van der Waals surface area contributed by atoms with Crippen LogP contribution in [-0.2, 0) is 9.47 Å². The molecule has 0 aliphatic heterocycles. The van der Waals surface area contributed by atoms with Gasteiger partial charge in [-0.25, -0.2) is 14.6 Å². The number of benzene rings is 2. The van der Waals surface area contributed by atoms with Crippen molar-refractivity contribution in [3.63, 3.8) is 0 Å². The third kappa shape index (κ3) is 4.49. The predicted octanol–water partition coefficient (Wildman–Crippen LogP) is 5.08. The average molecular weight is 533 g/mol. The maximum absolute atomic E-state index is 13.3. The van der Waals surface area contributed by atoms with Crippen LogP contribution in [-0.4, -0.2) is 36.9 Å². The minimum absolute atomic E-state index is 0.0993. The molecule has 1 aromatic heterocycles. The van der Waals surface area contributed by atoms with Crippen LogP contribution < -0.4 is 0 Å². The van der Waals surface area contributed by atoms with Gasteiger partial charge in [-0.15, -0.1) is 0 Å². The molecule has 0 fully saturated rings. The van der Waals surface area contributed by atoms with Gasteiger partial charge in [0.05, 0.1) is 25.5 Å². The van der Waals surface area contributed by atoms with Gasteiger partial charge in [-0.2, -0.15) is 0 Å². The van der Waals surface area contributed by atoms with Crippen LogP contribution in [0.4, 0.5) is 0 Å². The molecule has 1 heterocycles. The highest BCUT2D eigenvalue weighted by Gasteiger charge is 2.29. The Hall–Kier alpha value is -2.84. The van der Waals surface area contributed by atoms with E-state index in [1.54, 1.807) is 48.5 Å². The van der Waals surface area contributed by atoms with Crippen LogP contribution in [0.1, 0.15) is 36.8 Å². The highest BCUT2D eigenvalue weighted by molar-refractivity contribution is 9.10. The molecular formula is C22H15Br2NO5. The van der Waals surface area contributed by atoms with Gasteiger partial charge in [0.15, 0.2) is 0 Å². The minimum atomic E-state index is -0.856. The van der Waals surface area contributed by atoms with Crippen molar-refractivity contribution in [2.45, 2.75) is 0 Å². The quantitative estimate of drug-likeness (QED) is 0.336. The SMILES string of the molecule is COC(=O)c1cc(-c2ccc(Br)cc2)nc(C(=O)c2ccc(Br)cc2)c1C(=O)OC. The van der Waals surface area contributed by atoms with Gasteiger partial charge in [0.1, 0.15) is 11.3 Å². The van der Waals surface area contributed by atoms with Gasteiger partial charge in [-0.3, -0.25) is 4.79 Å². The lowest BCUT2D eigenvalue weighted by atomic mass is 9.97. The first kappa shape index (κ1) is 21.9. The fourth-order valence-corrected chi connectivity index (χ4v) is 3.32. The van der Waals surface area contributed by atoms with E-state index in [1.807, 2.05) is 0 Å². The van der Waals surface area contributed by atoms with E-state index in [0.29, 0.717) is 16.8 Å². The van der Waals surface area contributed by atoms with Crippen molar-refractivity contribution in [3.05, 3.63) is 85.9 Å². The molecule has 0 spiro atoms. The number of esters is 2. The van der Waals surface area contributed by atoms with E-state index in [-0.39, 0.29) is 16.8 Å². The van der Waals surface area contributed by atoms with Crippen LogP contribution in [0.3, 0.4) is 0 Å². The van der Waals surface area contributed by atoms with Gasteiger partial charge in [0.25, 0.3) is 0 Å². The fourth-order valence-electron chi connectivity index (χ4n) is 2.80. The monoisotopic (exact) mass is 531 g/mol. The van der Waals surface area contributed by atoms with Crippen LogP contribution in [0.2, 0.25) is 0 Å². The van der Waals surface area contributed by atoms with E-state index in [1.165, 1.54) is 20.3 Å². The number of nitrogens with zero attached hydrogens (tertiary/aromatic N) is 1. The number of halogens is 2. The number of aromatic nitrogens is 1. The molecule has 2 aromatic carbocycles. The number of carbonyl (C=O) groups is 3. The topological polar surface area (TPSA) is 82.6 Å². The van der Waals surface area contributed by atoms with E-state index in [9.17, 15) is 14.4 Å². The van der Waals surface area contributed by atoms with Crippen LogP contribution in [0, 0.1) is 0 Å². The maximum atomic E-state index is 13.3. The molecule has 0 N–H and O–H groups in total. The third-order valence-electron chi connectivity index (χ3n) is 4.28. The van der Waals surface area contributed by atoms with Crippen molar-refractivity contribution in [1.82, 2.24) is 4.98 Å². The van der Waals surface area contributed by atoms with Crippen molar-refractivity contribution in [1.29, 1.82) is 0 Å². The third-order valence-corrected chi connectivity index (χ3v) is 5.33. The smallest absolute Gasteiger partial charge is 0.341 e. The molecule has 152 valence electrons. The largest absolute Gasteiger partial charge is 0.465 e. The summed E-state index contributed by atoms with van der Waals surface area (Å²) in [7, 11) is 2.36. The lowest BCUT2D eigenvalue weighted by molar-refractivity contribution is 0.0553. The Balaban J connectivity index is 2.30. The van der Waals surface area contributed by atoms with E-state index >= 15 is 0 Å². The first-order valence-electron chi connectivity index (χ1n) is 8.63. The number of pyridine rings is 1. The molecule has 0 saturated carbocycles. The van der Waals surface area contributed by atoms with E-state index in [0.717, 1.165) is 8.95 Å². The predicted molar refractivity (Wildman–Crippen MR) is 118 cm³/mol. The molecule has 0 aliphatic carbocycles. The first-order chi connectivity index (χ1) is 14.3. The summed E-state index contributed by atoms with van der Waals surface area (Å²) >= 11 is 6.69. The lowest BCUT2D eigenvalue weighted by Crippen LogP contribution is -2.20. The van der Waals surface area contributed by atoms with Gasteiger partial charge in [-0.1, -0.05) is 44.0 Å². The van der Waals surface area contributed by atoms with E-state index < -0.39 is 17.7 Å². The van der Waals surface area contributed by atoms with Gasteiger partial charge >= 0.3 is 11.9 Å². The Morgan fingerprint density at radius 1 is 0.800 bits per heavy atom. The molecule has 0 atom stereocenters. The zero-order valence-electron chi connectivity index (χ0n) is 15.9. The molecule has 0 aliphatic rings. The number of hydrogen-bond acceptors (Lipinski definition) is 6. The molecule has 0 unspecified atom stereocenters. The summed E-state index contributed by atoms with van der Waals surface area (Å²) in [4.78, 5) is 42.7. The number of methoxy groups -OCH3 is 2. The van der Waals surface area contributed by atoms with Crippen molar-refractivity contribution < 1.29 is 23.9 Å². The molecule has 0 radical (unpaired) electrons. The number of hydrogen-bond donors (Lipinski definition) is 0. The summed E-state index contributed by atoms with van der Waals surface area (Å²) in [5.41, 5.74) is 0.779. The highest BCUT2D eigenvalue weighted by atomic mass is 79.9. The molecule has 0 saturated heterocycles. The fraction of sp³-hybridized carbons (Fsp3) is 0.0909. The number of ketones is 1. The lowest BCUT2D eigenvalue weighted by Gasteiger charge is -2.14. The molecule has 0 amide bonds. The van der Waals surface area contributed by atoms with Crippen molar-refractivity contribution in [3.8, 4) is 11.3 Å². The molecule has 8 heteroatoms. The Bertz CT molecular complexity index is 1130. The molecule has 30 heavy (non-hydrogen) atoms. The standard InChI is InChI=1S/C22H15Br2NO5/c1-29-21(27)16-11-17(12-3-7-14(23)8-4-12)25-19(18(16)22(28)30-2)20(26)13-5-9-15(24)10-6-13/h3-11H,1-2H3. The molecular weight excluding hydrogens is 518 g/mol.